The van der Waals surface area contributed by atoms with Crippen molar-refractivity contribution in [1.82, 2.24) is 14.9 Å². The normalized spacial score (nSPS) is 19.3. The van der Waals surface area contributed by atoms with Crippen LogP contribution in [0.1, 0.15) is 44.9 Å². The zero-order chi connectivity index (χ0) is 13.0. The molecule has 1 heterocycles. The number of rotatable bonds is 3. The van der Waals surface area contributed by atoms with Crippen LogP contribution in [0.2, 0.25) is 0 Å². The molecule has 0 aromatic carbocycles. The summed E-state index contributed by atoms with van der Waals surface area (Å²) in [6.07, 6.45) is 8.84. The van der Waals surface area contributed by atoms with Crippen molar-refractivity contribution in [3.8, 4) is 0 Å². The Morgan fingerprint density at radius 1 is 1.22 bits per heavy atom. The monoisotopic (exact) mass is 272 g/mol. The topological polar surface area (TPSA) is 101 Å². The molecule has 1 aromatic rings. The van der Waals surface area contributed by atoms with Gasteiger partial charge < -0.3 is 5.73 Å². The maximum atomic E-state index is 12.1. The summed E-state index contributed by atoms with van der Waals surface area (Å²) in [7, 11) is -3.54. The minimum atomic E-state index is -3.54. The Kier molecular flexibility index (Phi) is 4.23. The average Bonchev–Trinajstić information content (AvgIpc) is 2.69. The maximum Gasteiger partial charge on any atom is 0.246 e. The van der Waals surface area contributed by atoms with E-state index in [1.807, 2.05) is 0 Å². The summed E-state index contributed by atoms with van der Waals surface area (Å²) in [5.41, 5.74) is 5.55. The van der Waals surface area contributed by atoms with E-state index < -0.39 is 10.0 Å². The Morgan fingerprint density at radius 2 is 1.83 bits per heavy atom. The summed E-state index contributed by atoms with van der Waals surface area (Å²) in [4.78, 5) is 0.0459. The molecular formula is C11H20N4O2S. The van der Waals surface area contributed by atoms with Crippen LogP contribution in [0.15, 0.2) is 11.1 Å². The quantitative estimate of drug-likeness (QED) is 0.773. The lowest BCUT2D eigenvalue weighted by molar-refractivity contribution is 0.426. The van der Waals surface area contributed by atoms with E-state index in [2.05, 4.69) is 14.9 Å². The number of aromatic amines is 1. The van der Waals surface area contributed by atoms with E-state index in [9.17, 15) is 8.42 Å². The van der Waals surface area contributed by atoms with Crippen molar-refractivity contribution in [1.29, 1.82) is 0 Å². The summed E-state index contributed by atoms with van der Waals surface area (Å²) in [5.74, 6) is 0.0911. The summed E-state index contributed by atoms with van der Waals surface area (Å²) in [6.45, 7) is 0. The number of anilines is 1. The Hall–Kier alpha value is -1.08. The van der Waals surface area contributed by atoms with Gasteiger partial charge in [-0.2, -0.15) is 5.10 Å². The smallest absolute Gasteiger partial charge is 0.246 e. The first-order valence-corrected chi connectivity index (χ1v) is 7.89. The predicted octanol–water partition coefficient (Wildman–Crippen LogP) is 1.38. The Balaban J connectivity index is 2.05. The van der Waals surface area contributed by atoms with Crippen LogP contribution in [0.3, 0.4) is 0 Å². The molecule has 102 valence electrons. The van der Waals surface area contributed by atoms with E-state index in [0.717, 1.165) is 25.7 Å². The average molecular weight is 272 g/mol. The number of H-pyrrole nitrogens is 1. The SMILES string of the molecule is Nc1[nH]ncc1S(=O)(=O)NC1CCCCCCC1. The third kappa shape index (κ3) is 3.23. The minimum absolute atomic E-state index is 0.0181. The van der Waals surface area contributed by atoms with Gasteiger partial charge in [0.25, 0.3) is 0 Å². The van der Waals surface area contributed by atoms with Gasteiger partial charge in [0, 0.05) is 6.04 Å². The highest BCUT2D eigenvalue weighted by Crippen LogP contribution is 2.20. The van der Waals surface area contributed by atoms with Gasteiger partial charge in [-0.3, -0.25) is 5.10 Å². The highest BCUT2D eigenvalue weighted by atomic mass is 32.2. The maximum absolute atomic E-state index is 12.1. The number of hydrogen-bond acceptors (Lipinski definition) is 4. The Labute approximate surface area is 107 Å². The molecule has 0 radical (unpaired) electrons. The Morgan fingerprint density at radius 3 is 2.39 bits per heavy atom. The predicted molar refractivity (Wildman–Crippen MR) is 69.4 cm³/mol. The summed E-state index contributed by atoms with van der Waals surface area (Å²) >= 11 is 0. The molecule has 1 aliphatic carbocycles. The highest BCUT2D eigenvalue weighted by molar-refractivity contribution is 7.89. The molecule has 0 bridgehead atoms. The molecule has 0 aliphatic heterocycles. The molecule has 0 unspecified atom stereocenters. The molecule has 0 saturated heterocycles. The number of sulfonamides is 1. The van der Waals surface area contributed by atoms with Crippen molar-refractivity contribution in [3.05, 3.63) is 6.20 Å². The van der Waals surface area contributed by atoms with Gasteiger partial charge in [-0.25, -0.2) is 13.1 Å². The van der Waals surface area contributed by atoms with Gasteiger partial charge in [-0.1, -0.05) is 32.1 Å². The molecule has 4 N–H and O–H groups in total. The van der Waals surface area contributed by atoms with Gasteiger partial charge in [0.2, 0.25) is 10.0 Å². The van der Waals surface area contributed by atoms with E-state index in [0.29, 0.717) is 0 Å². The van der Waals surface area contributed by atoms with Crippen molar-refractivity contribution in [2.75, 3.05) is 5.73 Å². The van der Waals surface area contributed by atoms with Crippen LogP contribution in [0.5, 0.6) is 0 Å². The van der Waals surface area contributed by atoms with Crippen LogP contribution >= 0.6 is 0 Å². The largest absolute Gasteiger partial charge is 0.383 e. The fraction of sp³-hybridized carbons (Fsp3) is 0.727. The number of nitrogens with two attached hydrogens (primary N) is 1. The van der Waals surface area contributed by atoms with Crippen LogP contribution < -0.4 is 10.5 Å². The molecule has 18 heavy (non-hydrogen) atoms. The third-order valence-electron chi connectivity index (χ3n) is 3.35. The van der Waals surface area contributed by atoms with Crippen molar-refractivity contribution < 1.29 is 8.42 Å². The second-order valence-electron chi connectivity index (χ2n) is 4.81. The molecule has 1 fully saturated rings. The van der Waals surface area contributed by atoms with Crippen LogP contribution in [0.4, 0.5) is 5.82 Å². The first kappa shape index (κ1) is 13.4. The summed E-state index contributed by atoms with van der Waals surface area (Å²) in [6, 6.07) is 0.0181. The number of hydrogen-bond donors (Lipinski definition) is 3. The molecule has 0 spiro atoms. The van der Waals surface area contributed by atoms with Gasteiger partial charge in [-0.05, 0) is 12.8 Å². The third-order valence-corrected chi connectivity index (χ3v) is 4.90. The number of aromatic nitrogens is 2. The molecule has 7 heteroatoms. The van der Waals surface area contributed by atoms with Crippen LogP contribution in [-0.4, -0.2) is 24.7 Å². The van der Waals surface area contributed by atoms with E-state index >= 15 is 0 Å². The summed E-state index contributed by atoms with van der Waals surface area (Å²) in [5, 5.41) is 6.09. The van der Waals surface area contributed by atoms with Crippen LogP contribution in [0, 0.1) is 0 Å². The van der Waals surface area contributed by atoms with Gasteiger partial charge in [0.1, 0.15) is 10.7 Å². The molecule has 0 amide bonds. The van der Waals surface area contributed by atoms with E-state index in [4.69, 9.17) is 5.73 Å². The summed E-state index contributed by atoms with van der Waals surface area (Å²) < 4.78 is 27.0. The minimum Gasteiger partial charge on any atom is -0.383 e. The standard InChI is InChI=1S/C11H20N4O2S/c12-11-10(8-13-14-11)18(16,17)15-9-6-4-2-1-3-5-7-9/h8-9,15H,1-7H2,(H3,12,13,14). The van der Waals surface area contributed by atoms with Gasteiger partial charge in [0.15, 0.2) is 0 Å². The second kappa shape index (κ2) is 5.71. The van der Waals surface area contributed by atoms with Gasteiger partial charge >= 0.3 is 0 Å². The lowest BCUT2D eigenvalue weighted by Crippen LogP contribution is -2.35. The molecular weight excluding hydrogens is 252 g/mol. The fourth-order valence-corrected chi connectivity index (χ4v) is 3.68. The molecule has 1 aromatic heterocycles. The Bertz CT molecular complexity index is 475. The highest BCUT2D eigenvalue weighted by Gasteiger charge is 2.23. The van der Waals surface area contributed by atoms with Gasteiger partial charge in [0.05, 0.1) is 6.20 Å². The van der Waals surface area contributed by atoms with Crippen molar-refractivity contribution in [2.45, 2.75) is 55.9 Å². The number of nitrogens with one attached hydrogen (secondary N) is 2. The molecule has 6 nitrogen and oxygen atoms in total. The van der Waals surface area contributed by atoms with Crippen molar-refractivity contribution in [3.63, 3.8) is 0 Å². The van der Waals surface area contributed by atoms with Crippen molar-refractivity contribution in [2.24, 2.45) is 0 Å². The molecule has 2 rings (SSSR count). The number of nitrogen functional groups attached to an aromatic ring is 1. The lowest BCUT2D eigenvalue weighted by Gasteiger charge is -2.20. The lowest BCUT2D eigenvalue weighted by atomic mass is 9.97. The van der Waals surface area contributed by atoms with E-state index in [1.54, 1.807) is 0 Å². The van der Waals surface area contributed by atoms with Crippen LogP contribution in [0.25, 0.3) is 0 Å². The van der Waals surface area contributed by atoms with E-state index in [1.165, 1.54) is 25.5 Å². The number of nitrogens with zero attached hydrogens (tertiary/aromatic N) is 1. The second-order valence-corrected chi connectivity index (χ2v) is 6.49. The first-order chi connectivity index (χ1) is 8.59. The molecule has 1 saturated carbocycles. The zero-order valence-corrected chi connectivity index (χ0v) is 11.2. The fourth-order valence-electron chi connectivity index (χ4n) is 2.36. The van der Waals surface area contributed by atoms with Gasteiger partial charge in [-0.15, -0.1) is 0 Å². The van der Waals surface area contributed by atoms with Crippen LogP contribution in [-0.2, 0) is 10.0 Å². The van der Waals surface area contributed by atoms with E-state index in [-0.39, 0.29) is 16.8 Å². The zero-order valence-electron chi connectivity index (χ0n) is 10.4. The first-order valence-electron chi connectivity index (χ1n) is 6.41. The molecule has 0 atom stereocenters. The molecule has 1 aliphatic rings. The van der Waals surface area contributed by atoms with Crippen molar-refractivity contribution >= 4 is 15.8 Å².